The fourth-order valence-electron chi connectivity index (χ4n) is 1.72. The van der Waals surface area contributed by atoms with E-state index in [0.29, 0.717) is 6.54 Å². The van der Waals surface area contributed by atoms with E-state index in [2.05, 4.69) is 0 Å². The highest BCUT2D eigenvalue weighted by atomic mass is 19.1. The number of ether oxygens (including phenoxy) is 1. The van der Waals surface area contributed by atoms with Crippen LogP contribution in [0.4, 0.5) is 4.39 Å². The summed E-state index contributed by atoms with van der Waals surface area (Å²) in [5.41, 5.74) is 6.91. The van der Waals surface area contributed by atoms with Crippen molar-refractivity contribution >= 4 is 0 Å². The Labute approximate surface area is 82.9 Å². The van der Waals surface area contributed by atoms with E-state index >= 15 is 0 Å². The van der Waals surface area contributed by atoms with Crippen LogP contribution in [0.2, 0.25) is 0 Å². The molecule has 0 atom stereocenters. The van der Waals surface area contributed by atoms with Gasteiger partial charge in [0.05, 0.1) is 13.2 Å². The van der Waals surface area contributed by atoms with Gasteiger partial charge in [0.25, 0.3) is 0 Å². The van der Waals surface area contributed by atoms with Gasteiger partial charge in [-0.15, -0.1) is 0 Å². The van der Waals surface area contributed by atoms with Crippen LogP contribution in [0.3, 0.4) is 0 Å². The first-order valence-electron chi connectivity index (χ1n) is 4.76. The van der Waals surface area contributed by atoms with Gasteiger partial charge in [0.2, 0.25) is 0 Å². The zero-order valence-electron chi connectivity index (χ0n) is 8.00. The summed E-state index contributed by atoms with van der Waals surface area (Å²) in [6.07, 6.45) is 0.879. The van der Waals surface area contributed by atoms with Crippen molar-refractivity contribution in [2.75, 3.05) is 19.8 Å². The number of nitrogens with two attached hydrogens (primary N) is 1. The van der Waals surface area contributed by atoms with E-state index in [0.717, 1.165) is 25.2 Å². The molecule has 1 fully saturated rings. The van der Waals surface area contributed by atoms with E-state index in [9.17, 15) is 4.39 Å². The minimum Gasteiger partial charge on any atom is -0.380 e. The molecule has 0 aromatic heterocycles. The first-order valence-corrected chi connectivity index (χ1v) is 4.76. The zero-order chi connectivity index (χ0) is 10.0. The van der Waals surface area contributed by atoms with Crippen LogP contribution in [0.25, 0.3) is 0 Å². The van der Waals surface area contributed by atoms with Gasteiger partial charge < -0.3 is 10.5 Å². The van der Waals surface area contributed by atoms with E-state index in [-0.39, 0.29) is 11.2 Å². The Morgan fingerprint density at radius 1 is 1.29 bits per heavy atom. The van der Waals surface area contributed by atoms with Crippen LogP contribution < -0.4 is 5.73 Å². The summed E-state index contributed by atoms with van der Waals surface area (Å²) in [5.74, 6) is -0.194. The fraction of sp³-hybridized carbons (Fsp3) is 0.455. The van der Waals surface area contributed by atoms with Gasteiger partial charge in [-0.05, 0) is 24.1 Å². The van der Waals surface area contributed by atoms with Crippen LogP contribution in [-0.4, -0.2) is 19.8 Å². The van der Waals surface area contributed by atoms with Gasteiger partial charge in [0.15, 0.2) is 0 Å². The highest BCUT2D eigenvalue weighted by Gasteiger charge is 2.37. The van der Waals surface area contributed by atoms with Gasteiger partial charge in [0.1, 0.15) is 5.82 Å². The maximum absolute atomic E-state index is 12.6. The van der Waals surface area contributed by atoms with Crippen LogP contribution >= 0.6 is 0 Å². The van der Waals surface area contributed by atoms with Crippen molar-refractivity contribution in [1.29, 1.82) is 0 Å². The summed E-state index contributed by atoms with van der Waals surface area (Å²) in [6, 6.07) is 6.59. The monoisotopic (exact) mass is 195 g/mol. The second kappa shape index (κ2) is 3.67. The van der Waals surface area contributed by atoms with Gasteiger partial charge in [0, 0.05) is 12.0 Å². The van der Waals surface area contributed by atoms with E-state index in [1.54, 1.807) is 0 Å². The molecule has 1 aliphatic heterocycles. The molecule has 0 amide bonds. The Balaban J connectivity index is 2.06. The molecule has 14 heavy (non-hydrogen) atoms. The molecule has 0 radical (unpaired) electrons. The smallest absolute Gasteiger partial charge is 0.123 e. The molecular formula is C11H14FNO. The number of hydrogen-bond acceptors (Lipinski definition) is 2. The molecule has 1 aromatic rings. The molecule has 2 N–H and O–H groups in total. The number of rotatable bonds is 3. The highest BCUT2D eigenvalue weighted by Crippen LogP contribution is 2.30. The van der Waals surface area contributed by atoms with Crippen LogP contribution in [-0.2, 0) is 11.2 Å². The lowest BCUT2D eigenvalue weighted by molar-refractivity contribution is -0.106. The van der Waals surface area contributed by atoms with Crippen molar-refractivity contribution < 1.29 is 9.13 Å². The standard InChI is InChI=1S/C11H14FNO/c12-10-3-1-9(2-4-10)5-11(6-13)7-14-8-11/h1-4H,5-8,13H2. The van der Waals surface area contributed by atoms with E-state index in [1.165, 1.54) is 12.1 Å². The molecule has 1 aromatic carbocycles. The van der Waals surface area contributed by atoms with Crippen LogP contribution in [0, 0.1) is 11.2 Å². The molecule has 76 valence electrons. The second-order valence-electron chi connectivity index (χ2n) is 4.00. The summed E-state index contributed by atoms with van der Waals surface area (Å²) in [6.45, 7) is 2.08. The Morgan fingerprint density at radius 2 is 1.93 bits per heavy atom. The fourth-order valence-corrected chi connectivity index (χ4v) is 1.72. The molecule has 2 rings (SSSR count). The molecular weight excluding hydrogens is 181 g/mol. The Kier molecular flexibility index (Phi) is 2.52. The maximum Gasteiger partial charge on any atom is 0.123 e. The van der Waals surface area contributed by atoms with Crippen molar-refractivity contribution in [2.24, 2.45) is 11.1 Å². The molecule has 2 nitrogen and oxygen atoms in total. The van der Waals surface area contributed by atoms with Crippen LogP contribution in [0.5, 0.6) is 0 Å². The van der Waals surface area contributed by atoms with Gasteiger partial charge in [-0.2, -0.15) is 0 Å². The number of hydrogen-bond donors (Lipinski definition) is 1. The lowest BCUT2D eigenvalue weighted by Crippen LogP contribution is -2.49. The highest BCUT2D eigenvalue weighted by molar-refractivity contribution is 5.18. The van der Waals surface area contributed by atoms with Crippen molar-refractivity contribution in [3.8, 4) is 0 Å². The normalized spacial score (nSPS) is 19.0. The first kappa shape index (κ1) is 9.62. The average Bonchev–Trinajstić information content (AvgIpc) is 2.15. The van der Waals surface area contributed by atoms with Gasteiger partial charge in [-0.25, -0.2) is 4.39 Å². The van der Waals surface area contributed by atoms with Crippen molar-refractivity contribution in [3.05, 3.63) is 35.6 Å². The predicted molar refractivity (Wildman–Crippen MR) is 52.4 cm³/mol. The third-order valence-corrected chi connectivity index (χ3v) is 2.74. The third-order valence-electron chi connectivity index (χ3n) is 2.74. The van der Waals surface area contributed by atoms with E-state index in [4.69, 9.17) is 10.5 Å². The number of halogens is 1. The zero-order valence-corrected chi connectivity index (χ0v) is 8.00. The molecule has 0 aliphatic carbocycles. The average molecular weight is 195 g/mol. The molecule has 3 heteroatoms. The van der Waals surface area contributed by atoms with Crippen LogP contribution in [0.1, 0.15) is 5.56 Å². The third kappa shape index (κ3) is 1.79. The maximum atomic E-state index is 12.6. The predicted octanol–water partition coefficient (Wildman–Crippen LogP) is 1.34. The van der Waals surface area contributed by atoms with Crippen molar-refractivity contribution in [3.63, 3.8) is 0 Å². The summed E-state index contributed by atoms with van der Waals surface area (Å²) in [4.78, 5) is 0. The summed E-state index contributed by atoms with van der Waals surface area (Å²) < 4.78 is 17.8. The SMILES string of the molecule is NCC1(Cc2ccc(F)cc2)COC1. The van der Waals surface area contributed by atoms with Crippen molar-refractivity contribution in [2.45, 2.75) is 6.42 Å². The second-order valence-corrected chi connectivity index (χ2v) is 4.00. The van der Waals surface area contributed by atoms with Crippen molar-refractivity contribution in [1.82, 2.24) is 0 Å². The minimum atomic E-state index is -0.194. The summed E-state index contributed by atoms with van der Waals surface area (Å²) >= 11 is 0. The largest absolute Gasteiger partial charge is 0.380 e. The van der Waals surface area contributed by atoms with Gasteiger partial charge in [-0.3, -0.25) is 0 Å². The minimum absolute atomic E-state index is 0.0951. The lowest BCUT2D eigenvalue weighted by Gasteiger charge is -2.40. The summed E-state index contributed by atoms with van der Waals surface area (Å²) in [7, 11) is 0. The van der Waals surface area contributed by atoms with Crippen LogP contribution in [0.15, 0.2) is 24.3 Å². The van der Waals surface area contributed by atoms with E-state index in [1.807, 2.05) is 12.1 Å². The number of benzene rings is 1. The van der Waals surface area contributed by atoms with Gasteiger partial charge >= 0.3 is 0 Å². The summed E-state index contributed by atoms with van der Waals surface area (Å²) in [5, 5.41) is 0. The Bertz CT molecular complexity index is 300. The molecule has 1 saturated heterocycles. The first-order chi connectivity index (χ1) is 6.74. The Hall–Kier alpha value is -0.930. The van der Waals surface area contributed by atoms with Gasteiger partial charge in [-0.1, -0.05) is 12.1 Å². The topological polar surface area (TPSA) is 35.2 Å². The lowest BCUT2D eigenvalue weighted by atomic mass is 9.80. The molecule has 1 aliphatic rings. The van der Waals surface area contributed by atoms with E-state index < -0.39 is 0 Å². The molecule has 0 saturated carbocycles. The molecule has 1 heterocycles. The molecule has 0 spiro atoms. The quantitative estimate of drug-likeness (QED) is 0.790. The Morgan fingerprint density at radius 3 is 2.36 bits per heavy atom. The molecule has 0 unspecified atom stereocenters. The molecule has 0 bridgehead atoms.